The van der Waals surface area contributed by atoms with Gasteiger partial charge in [0.05, 0.1) is 10.6 Å². The van der Waals surface area contributed by atoms with Crippen LogP contribution in [-0.4, -0.2) is 47.0 Å². The largest absolute Gasteiger partial charge is 0.347 e. The van der Waals surface area contributed by atoms with Crippen molar-refractivity contribution in [3.63, 3.8) is 0 Å². The van der Waals surface area contributed by atoms with Gasteiger partial charge in [-0.2, -0.15) is 9.40 Å². The van der Waals surface area contributed by atoms with Crippen molar-refractivity contribution in [3.05, 3.63) is 55.4 Å². The maximum Gasteiger partial charge on any atom is 0.243 e. The molecule has 0 aliphatic carbocycles. The van der Waals surface area contributed by atoms with Gasteiger partial charge in [0.15, 0.2) is 0 Å². The van der Waals surface area contributed by atoms with E-state index in [2.05, 4.69) is 17.0 Å². The molecule has 3 rings (SSSR count). The van der Waals surface area contributed by atoms with E-state index in [4.69, 9.17) is 0 Å². The van der Waals surface area contributed by atoms with Crippen LogP contribution in [0.2, 0.25) is 0 Å². The second-order valence-electron chi connectivity index (χ2n) is 6.60. The number of piperidine rings is 1. The van der Waals surface area contributed by atoms with Crippen molar-refractivity contribution in [1.82, 2.24) is 19.4 Å². The summed E-state index contributed by atoms with van der Waals surface area (Å²) in [7, 11) is -3.56. The smallest absolute Gasteiger partial charge is 0.243 e. The van der Waals surface area contributed by atoms with Crippen LogP contribution in [0, 0.1) is 0 Å². The van der Waals surface area contributed by atoms with Crippen molar-refractivity contribution in [2.75, 3.05) is 13.1 Å². The molecule has 26 heavy (non-hydrogen) atoms. The van der Waals surface area contributed by atoms with Gasteiger partial charge in [-0.05, 0) is 56.2 Å². The van der Waals surface area contributed by atoms with Crippen LogP contribution >= 0.6 is 0 Å². The quantitative estimate of drug-likeness (QED) is 0.808. The molecule has 2 heterocycles. The van der Waals surface area contributed by atoms with Crippen molar-refractivity contribution < 1.29 is 13.2 Å². The van der Waals surface area contributed by atoms with E-state index in [1.165, 1.54) is 10.4 Å². The molecule has 138 valence electrons. The molecule has 1 saturated heterocycles. The fourth-order valence-electron chi connectivity index (χ4n) is 3.04. The van der Waals surface area contributed by atoms with Gasteiger partial charge in [-0.3, -0.25) is 4.79 Å². The number of hydrogen-bond acceptors (Lipinski definition) is 4. The zero-order valence-corrected chi connectivity index (χ0v) is 15.4. The summed E-state index contributed by atoms with van der Waals surface area (Å²) < 4.78 is 28.9. The Bertz CT molecular complexity index is 881. The summed E-state index contributed by atoms with van der Waals surface area (Å²) in [5.41, 5.74) is 0.383. The first kappa shape index (κ1) is 18.3. The summed E-state index contributed by atoms with van der Waals surface area (Å²) in [5, 5.41) is 7.02. The van der Waals surface area contributed by atoms with Crippen LogP contribution in [0.15, 0.2) is 60.3 Å². The van der Waals surface area contributed by atoms with Crippen LogP contribution in [0.5, 0.6) is 0 Å². The Morgan fingerprint density at radius 1 is 1.27 bits per heavy atom. The SMILES string of the molecule is C=CC(=O)NC1(C)CCN(S(=O)(=O)c2ccc(-n3cccn3)cc2)CC1. The van der Waals surface area contributed by atoms with E-state index < -0.39 is 15.6 Å². The van der Waals surface area contributed by atoms with E-state index >= 15 is 0 Å². The minimum absolute atomic E-state index is 0.238. The van der Waals surface area contributed by atoms with Crippen LogP contribution in [0.1, 0.15) is 19.8 Å². The molecule has 0 bridgehead atoms. The number of aromatic nitrogens is 2. The topological polar surface area (TPSA) is 84.3 Å². The zero-order valence-electron chi connectivity index (χ0n) is 14.6. The molecule has 1 N–H and O–H groups in total. The van der Waals surface area contributed by atoms with Crippen LogP contribution in [0.4, 0.5) is 0 Å². The molecular weight excluding hydrogens is 352 g/mol. The number of nitrogens with one attached hydrogen (secondary N) is 1. The minimum Gasteiger partial charge on any atom is -0.347 e. The third-order valence-corrected chi connectivity index (χ3v) is 6.59. The Morgan fingerprint density at radius 2 is 1.92 bits per heavy atom. The molecule has 1 fully saturated rings. The van der Waals surface area contributed by atoms with Crippen molar-refractivity contribution in [1.29, 1.82) is 0 Å². The normalized spacial score (nSPS) is 17.6. The van der Waals surface area contributed by atoms with Crippen molar-refractivity contribution >= 4 is 15.9 Å². The predicted molar refractivity (Wildman–Crippen MR) is 98.3 cm³/mol. The standard InChI is InChI=1S/C18H22N4O3S/c1-3-17(23)20-18(2)9-13-21(14-10-18)26(24,25)16-7-5-15(6-8-16)22-12-4-11-19-22/h3-8,11-12H,1,9-10,13-14H2,2H3,(H,20,23). The lowest BCUT2D eigenvalue weighted by atomic mass is 9.90. The Balaban J connectivity index is 1.71. The van der Waals surface area contributed by atoms with E-state index in [0.29, 0.717) is 25.9 Å². The Hall–Kier alpha value is -2.45. The molecule has 2 aromatic rings. The van der Waals surface area contributed by atoms with Crippen LogP contribution < -0.4 is 5.32 Å². The highest BCUT2D eigenvalue weighted by atomic mass is 32.2. The van der Waals surface area contributed by atoms with E-state index in [-0.39, 0.29) is 10.8 Å². The lowest BCUT2D eigenvalue weighted by Gasteiger charge is -2.39. The highest BCUT2D eigenvalue weighted by Crippen LogP contribution is 2.27. The number of carbonyl (C=O) groups excluding carboxylic acids is 1. The number of benzene rings is 1. The number of sulfonamides is 1. The summed E-state index contributed by atoms with van der Waals surface area (Å²) in [6.07, 6.45) is 5.80. The maximum absolute atomic E-state index is 12.9. The summed E-state index contributed by atoms with van der Waals surface area (Å²) in [5.74, 6) is -0.238. The number of amides is 1. The van der Waals surface area contributed by atoms with Gasteiger partial charge in [-0.25, -0.2) is 13.1 Å². The van der Waals surface area contributed by atoms with E-state index in [1.54, 1.807) is 47.4 Å². The lowest BCUT2D eigenvalue weighted by Crippen LogP contribution is -2.53. The van der Waals surface area contributed by atoms with Gasteiger partial charge in [0.25, 0.3) is 0 Å². The molecule has 1 aliphatic rings. The van der Waals surface area contributed by atoms with Crippen molar-refractivity contribution in [3.8, 4) is 5.69 Å². The lowest BCUT2D eigenvalue weighted by molar-refractivity contribution is -0.118. The zero-order chi connectivity index (χ0) is 18.8. The molecule has 1 aromatic heterocycles. The predicted octanol–water partition coefficient (Wildman–Crippen LogP) is 1.72. The van der Waals surface area contributed by atoms with Gasteiger partial charge < -0.3 is 5.32 Å². The fourth-order valence-corrected chi connectivity index (χ4v) is 4.48. The molecule has 0 spiro atoms. The second-order valence-corrected chi connectivity index (χ2v) is 8.54. The molecule has 1 aromatic carbocycles. The number of rotatable bonds is 5. The molecule has 0 unspecified atom stereocenters. The summed E-state index contributed by atoms with van der Waals surface area (Å²) in [6.45, 7) is 6.10. The molecule has 0 atom stereocenters. The van der Waals surface area contributed by atoms with Gasteiger partial charge in [0.1, 0.15) is 0 Å². The summed E-state index contributed by atoms with van der Waals surface area (Å²) in [4.78, 5) is 11.8. The van der Waals surface area contributed by atoms with Crippen LogP contribution in [0.3, 0.4) is 0 Å². The third-order valence-electron chi connectivity index (χ3n) is 4.68. The van der Waals surface area contributed by atoms with Crippen molar-refractivity contribution in [2.24, 2.45) is 0 Å². The highest BCUT2D eigenvalue weighted by molar-refractivity contribution is 7.89. The molecule has 1 aliphatic heterocycles. The average Bonchev–Trinajstić information content (AvgIpc) is 3.16. The number of nitrogens with zero attached hydrogens (tertiary/aromatic N) is 3. The number of hydrogen-bond donors (Lipinski definition) is 1. The Labute approximate surface area is 153 Å². The van der Waals surface area contributed by atoms with Crippen LogP contribution in [0.25, 0.3) is 5.69 Å². The van der Waals surface area contributed by atoms with Gasteiger partial charge >= 0.3 is 0 Å². The van der Waals surface area contributed by atoms with Crippen LogP contribution in [-0.2, 0) is 14.8 Å². The van der Waals surface area contributed by atoms with Gasteiger partial charge in [-0.1, -0.05) is 6.58 Å². The fraction of sp³-hybridized carbons (Fsp3) is 0.333. The number of carbonyl (C=O) groups is 1. The first-order valence-corrected chi connectivity index (χ1v) is 9.83. The summed E-state index contributed by atoms with van der Waals surface area (Å²) in [6, 6.07) is 8.47. The maximum atomic E-state index is 12.9. The van der Waals surface area contributed by atoms with E-state index in [1.807, 2.05) is 6.92 Å². The van der Waals surface area contributed by atoms with Crippen molar-refractivity contribution in [2.45, 2.75) is 30.2 Å². The monoisotopic (exact) mass is 374 g/mol. The van der Waals surface area contributed by atoms with Gasteiger partial charge in [-0.15, -0.1) is 0 Å². The third kappa shape index (κ3) is 3.71. The molecular formula is C18H22N4O3S. The van der Waals surface area contributed by atoms with Gasteiger partial charge in [0, 0.05) is 31.0 Å². The Morgan fingerprint density at radius 3 is 2.46 bits per heavy atom. The van der Waals surface area contributed by atoms with E-state index in [0.717, 1.165) is 5.69 Å². The molecule has 1 amide bonds. The molecule has 8 heteroatoms. The van der Waals surface area contributed by atoms with Gasteiger partial charge in [0.2, 0.25) is 15.9 Å². The Kier molecular flexibility index (Phi) is 4.97. The highest BCUT2D eigenvalue weighted by Gasteiger charge is 2.36. The van der Waals surface area contributed by atoms with E-state index in [9.17, 15) is 13.2 Å². The molecule has 0 radical (unpaired) electrons. The molecule has 0 saturated carbocycles. The minimum atomic E-state index is -3.56. The molecule has 7 nitrogen and oxygen atoms in total. The first-order chi connectivity index (χ1) is 12.3. The first-order valence-electron chi connectivity index (χ1n) is 8.39. The average molecular weight is 374 g/mol. The summed E-state index contributed by atoms with van der Waals surface area (Å²) >= 11 is 0. The second kappa shape index (κ2) is 7.05.